The van der Waals surface area contributed by atoms with Crippen molar-refractivity contribution in [2.75, 3.05) is 52.3 Å². The molecule has 0 bridgehead atoms. The van der Waals surface area contributed by atoms with E-state index in [-0.39, 0.29) is 11.8 Å². The van der Waals surface area contributed by atoms with Crippen LogP contribution in [0.15, 0.2) is 36.5 Å². The second kappa shape index (κ2) is 8.80. The number of H-pyrrole nitrogens is 1. The zero-order valence-electron chi connectivity index (χ0n) is 18.5. The lowest BCUT2D eigenvalue weighted by Gasteiger charge is -2.27. The minimum absolute atomic E-state index is 0.0650. The highest BCUT2D eigenvalue weighted by Gasteiger charge is 2.43. The summed E-state index contributed by atoms with van der Waals surface area (Å²) in [5.41, 5.74) is 2.52. The number of hydrogen-bond donors (Lipinski definition) is 3. The summed E-state index contributed by atoms with van der Waals surface area (Å²) in [5.74, 6) is 2.62. The van der Waals surface area contributed by atoms with E-state index < -0.39 is 0 Å². The van der Waals surface area contributed by atoms with Crippen LogP contribution in [0.3, 0.4) is 0 Å². The Kier molecular flexibility index (Phi) is 5.71. The molecule has 1 saturated heterocycles. The zero-order chi connectivity index (χ0) is 22.1. The minimum Gasteiger partial charge on any atom is -0.496 e. The van der Waals surface area contributed by atoms with Gasteiger partial charge in [-0.1, -0.05) is 6.07 Å². The predicted molar refractivity (Wildman–Crippen MR) is 124 cm³/mol. The summed E-state index contributed by atoms with van der Waals surface area (Å²) < 4.78 is 11.1. The van der Waals surface area contributed by atoms with Crippen LogP contribution in [0.4, 0.5) is 5.82 Å². The molecule has 2 atom stereocenters. The summed E-state index contributed by atoms with van der Waals surface area (Å²) in [5, 5.41) is 7.31. The van der Waals surface area contributed by atoms with E-state index in [4.69, 9.17) is 9.47 Å². The molecule has 3 aromatic rings. The molecular weight excluding hydrogens is 406 g/mol. The number of amides is 1. The first kappa shape index (κ1) is 20.8. The number of fused-ring (bicyclic) bond motifs is 1. The summed E-state index contributed by atoms with van der Waals surface area (Å²) in [6.07, 6.45) is 2.85. The molecule has 0 spiro atoms. The maximum Gasteiger partial charge on any atom is 0.228 e. The monoisotopic (exact) mass is 435 g/mol. The molecule has 1 aromatic carbocycles. The molecule has 32 heavy (non-hydrogen) atoms. The normalized spacial score (nSPS) is 20.8. The minimum atomic E-state index is 0.0650. The number of hydrogen-bond acceptors (Lipinski definition) is 6. The number of anilines is 1. The third-order valence-electron chi connectivity index (χ3n) is 6.45. The van der Waals surface area contributed by atoms with Gasteiger partial charge in [0, 0.05) is 55.8 Å². The average molecular weight is 436 g/mol. The maximum absolute atomic E-state index is 12.7. The van der Waals surface area contributed by atoms with Crippen LogP contribution in [0.2, 0.25) is 0 Å². The molecule has 8 heteroatoms. The number of carbonyl (C=O) groups is 1. The van der Waals surface area contributed by atoms with Crippen LogP contribution in [-0.2, 0) is 4.79 Å². The molecule has 2 aliphatic rings. The number of ether oxygens (including phenoxy) is 2. The molecule has 2 aromatic heterocycles. The van der Waals surface area contributed by atoms with Gasteiger partial charge in [-0.25, -0.2) is 4.98 Å². The van der Waals surface area contributed by atoms with Gasteiger partial charge < -0.3 is 30.0 Å². The Morgan fingerprint density at radius 3 is 2.62 bits per heavy atom. The number of aromatic amines is 1. The average Bonchev–Trinajstić information content (AvgIpc) is 3.47. The van der Waals surface area contributed by atoms with Crippen molar-refractivity contribution in [1.82, 2.24) is 20.2 Å². The first-order chi connectivity index (χ1) is 15.7. The lowest BCUT2D eigenvalue weighted by molar-refractivity contribution is -0.117. The Morgan fingerprint density at radius 1 is 1.16 bits per heavy atom. The fourth-order valence-corrected chi connectivity index (χ4v) is 4.61. The predicted octanol–water partition coefficient (Wildman–Crippen LogP) is 2.73. The Hall–Kier alpha value is -3.10. The van der Waals surface area contributed by atoms with E-state index in [0.717, 1.165) is 67.2 Å². The number of methoxy groups -OCH3 is 2. The van der Waals surface area contributed by atoms with Crippen molar-refractivity contribution in [3.05, 3.63) is 36.5 Å². The van der Waals surface area contributed by atoms with Crippen molar-refractivity contribution >= 4 is 22.8 Å². The van der Waals surface area contributed by atoms with Crippen LogP contribution >= 0.6 is 0 Å². The smallest absolute Gasteiger partial charge is 0.228 e. The number of nitrogens with zero attached hydrogens (tertiary/aromatic N) is 2. The highest BCUT2D eigenvalue weighted by Crippen LogP contribution is 2.42. The second-order valence-electron chi connectivity index (χ2n) is 8.47. The van der Waals surface area contributed by atoms with E-state index in [9.17, 15) is 4.79 Å². The highest BCUT2D eigenvalue weighted by atomic mass is 16.5. The van der Waals surface area contributed by atoms with Crippen molar-refractivity contribution in [3.8, 4) is 22.6 Å². The molecule has 1 aliphatic heterocycles. The van der Waals surface area contributed by atoms with Crippen molar-refractivity contribution in [3.63, 3.8) is 0 Å². The summed E-state index contributed by atoms with van der Waals surface area (Å²) in [6, 6.07) is 9.54. The Balaban J connectivity index is 1.30. The summed E-state index contributed by atoms with van der Waals surface area (Å²) >= 11 is 0. The quantitative estimate of drug-likeness (QED) is 0.529. The van der Waals surface area contributed by atoms with Gasteiger partial charge in [0.2, 0.25) is 5.91 Å². The Labute approximate surface area is 187 Å². The van der Waals surface area contributed by atoms with Gasteiger partial charge in [0.05, 0.1) is 19.8 Å². The molecule has 168 valence electrons. The topological polar surface area (TPSA) is 91.5 Å². The number of pyridine rings is 1. The lowest BCUT2D eigenvalue weighted by Crippen LogP contribution is -2.44. The van der Waals surface area contributed by atoms with Crippen molar-refractivity contribution in [2.24, 2.45) is 11.8 Å². The summed E-state index contributed by atoms with van der Waals surface area (Å²) in [4.78, 5) is 23.0. The third-order valence-corrected chi connectivity index (χ3v) is 6.45. The number of piperazine rings is 1. The molecular formula is C24H29N5O3. The summed E-state index contributed by atoms with van der Waals surface area (Å²) in [7, 11) is 3.29. The van der Waals surface area contributed by atoms with Crippen LogP contribution in [0.1, 0.15) is 6.42 Å². The standard InChI is InChI=1S/C24H29N5O3/c1-31-19-4-3-5-20(32-2)22(19)18-13-26-23-16(18)6-7-21(27-23)28-24(30)17-12-15(17)14-29-10-8-25-9-11-29/h3-7,13,15,17,25H,8-12,14H2,1-2H3,(H2,26,27,28,30)/t15-,17-/m0/s1. The Bertz CT molecular complexity index is 1100. The lowest BCUT2D eigenvalue weighted by atomic mass is 10.0. The second-order valence-corrected chi connectivity index (χ2v) is 8.47. The molecule has 1 saturated carbocycles. The molecule has 1 amide bonds. The van der Waals surface area contributed by atoms with Crippen molar-refractivity contribution < 1.29 is 14.3 Å². The van der Waals surface area contributed by atoms with E-state index in [2.05, 4.69) is 25.5 Å². The molecule has 8 nitrogen and oxygen atoms in total. The van der Waals surface area contributed by atoms with Gasteiger partial charge in [-0.2, -0.15) is 0 Å². The van der Waals surface area contributed by atoms with Gasteiger partial charge in [0.25, 0.3) is 0 Å². The molecule has 3 N–H and O–H groups in total. The van der Waals surface area contributed by atoms with Crippen LogP contribution in [-0.4, -0.2) is 67.7 Å². The fraction of sp³-hybridized carbons (Fsp3) is 0.417. The van der Waals surface area contributed by atoms with E-state index in [1.165, 1.54) is 0 Å². The number of benzene rings is 1. The van der Waals surface area contributed by atoms with Gasteiger partial charge in [-0.15, -0.1) is 0 Å². The van der Waals surface area contributed by atoms with Gasteiger partial charge in [0.1, 0.15) is 23.0 Å². The van der Waals surface area contributed by atoms with Gasteiger partial charge in [-0.05, 0) is 36.6 Å². The van der Waals surface area contributed by atoms with Crippen LogP contribution in [0.25, 0.3) is 22.2 Å². The number of rotatable bonds is 7. The van der Waals surface area contributed by atoms with Crippen LogP contribution < -0.4 is 20.1 Å². The molecule has 5 rings (SSSR count). The van der Waals surface area contributed by atoms with E-state index >= 15 is 0 Å². The molecule has 0 radical (unpaired) electrons. The molecule has 0 unspecified atom stereocenters. The Morgan fingerprint density at radius 2 is 1.91 bits per heavy atom. The zero-order valence-corrected chi connectivity index (χ0v) is 18.5. The number of carbonyl (C=O) groups excluding carboxylic acids is 1. The van der Waals surface area contributed by atoms with Crippen LogP contribution in [0.5, 0.6) is 11.5 Å². The SMILES string of the molecule is COc1cccc(OC)c1-c1c[nH]c2nc(NC(=O)[C@H]3C[C@H]3CN3CCNCC3)ccc12. The molecule has 2 fully saturated rings. The van der Waals surface area contributed by atoms with E-state index in [0.29, 0.717) is 17.4 Å². The van der Waals surface area contributed by atoms with Gasteiger partial charge in [-0.3, -0.25) is 4.79 Å². The van der Waals surface area contributed by atoms with Gasteiger partial charge >= 0.3 is 0 Å². The van der Waals surface area contributed by atoms with Gasteiger partial charge in [0.15, 0.2) is 0 Å². The van der Waals surface area contributed by atoms with Crippen molar-refractivity contribution in [2.45, 2.75) is 6.42 Å². The maximum atomic E-state index is 12.7. The van der Waals surface area contributed by atoms with E-state index in [1.807, 2.05) is 36.5 Å². The third kappa shape index (κ3) is 4.03. The van der Waals surface area contributed by atoms with E-state index in [1.54, 1.807) is 14.2 Å². The van der Waals surface area contributed by atoms with Crippen LogP contribution in [0, 0.1) is 11.8 Å². The van der Waals surface area contributed by atoms with Crippen molar-refractivity contribution in [1.29, 1.82) is 0 Å². The summed E-state index contributed by atoms with van der Waals surface area (Å²) in [6.45, 7) is 5.20. The molecule has 3 heterocycles. The number of aromatic nitrogens is 2. The largest absolute Gasteiger partial charge is 0.496 e. The fourth-order valence-electron chi connectivity index (χ4n) is 4.61. The first-order valence-electron chi connectivity index (χ1n) is 11.1. The number of nitrogens with one attached hydrogen (secondary N) is 3. The first-order valence-corrected chi connectivity index (χ1v) is 11.1. The molecule has 1 aliphatic carbocycles. The highest BCUT2D eigenvalue weighted by molar-refractivity contribution is 5.99.